The van der Waals surface area contributed by atoms with Crippen molar-refractivity contribution >= 4 is 51.5 Å². The SMILES string of the molecule is COc1cccc(NC(=O)C(=O)c2c(Cl)n(Cc3ccc(Cl)cc3)c3ccc(OC)cc23)c1. The Labute approximate surface area is 200 Å². The summed E-state index contributed by atoms with van der Waals surface area (Å²) in [5.41, 5.74) is 2.19. The number of nitrogens with zero attached hydrogens (tertiary/aromatic N) is 1. The molecule has 1 aromatic heterocycles. The van der Waals surface area contributed by atoms with Crippen molar-refractivity contribution < 1.29 is 19.1 Å². The lowest BCUT2D eigenvalue weighted by molar-refractivity contribution is -0.112. The average molecular weight is 483 g/mol. The van der Waals surface area contributed by atoms with E-state index in [2.05, 4.69) is 5.32 Å². The van der Waals surface area contributed by atoms with Crippen LogP contribution in [0.3, 0.4) is 0 Å². The highest BCUT2D eigenvalue weighted by atomic mass is 35.5. The summed E-state index contributed by atoms with van der Waals surface area (Å²) >= 11 is 12.7. The molecule has 0 aliphatic carbocycles. The first-order valence-electron chi connectivity index (χ1n) is 10.0. The normalized spacial score (nSPS) is 10.8. The van der Waals surface area contributed by atoms with E-state index in [9.17, 15) is 9.59 Å². The van der Waals surface area contributed by atoms with E-state index in [1.807, 2.05) is 18.2 Å². The van der Waals surface area contributed by atoms with Crippen LogP contribution in [0, 0.1) is 0 Å². The summed E-state index contributed by atoms with van der Waals surface area (Å²) in [6.07, 6.45) is 0. The van der Waals surface area contributed by atoms with Crippen LogP contribution in [0.25, 0.3) is 10.9 Å². The van der Waals surface area contributed by atoms with Gasteiger partial charge in [0.05, 0.1) is 25.3 Å². The Kier molecular flexibility index (Phi) is 6.58. The quantitative estimate of drug-likeness (QED) is 0.265. The summed E-state index contributed by atoms with van der Waals surface area (Å²) in [7, 11) is 3.05. The van der Waals surface area contributed by atoms with Crippen molar-refractivity contribution in [2.24, 2.45) is 0 Å². The number of ketones is 1. The molecule has 0 fully saturated rings. The molecule has 33 heavy (non-hydrogen) atoms. The van der Waals surface area contributed by atoms with E-state index in [0.717, 1.165) is 5.56 Å². The second kappa shape index (κ2) is 9.57. The number of halogens is 2. The van der Waals surface area contributed by atoms with Gasteiger partial charge in [-0.15, -0.1) is 0 Å². The Balaban J connectivity index is 1.75. The van der Waals surface area contributed by atoms with Crippen LogP contribution in [0.4, 0.5) is 5.69 Å². The molecule has 8 heteroatoms. The first-order chi connectivity index (χ1) is 15.9. The minimum absolute atomic E-state index is 0.111. The second-order valence-corrected chi connectivity index (χ2v) is 8.07. The molecule has 4 aromatic rings. The number of hydrogen-bond acceptors (Lipinski definition) is 4. The molecule has 0 bridgehead atoms. The third-order valence-corrected chi connectivity index (χ3v) is 5.87. The lowest BCUT2D eigenvalue weighted by Crippen LogP contribution is -2.23. The van der Waals surface area contributed by atoms with Crippen LogP contribution in [-0.4, -0.2) is 30.5 Å². The third kappa shape index (κ3) is 4.67. The van der Waals surface area contributed by atoms with E-state index >= 15 is 0 Å². The fraction of sp³-hybridized carbons (Fsp3) is 0.120. The molecule has 0 atom stereocenters. The summed E-state index contributed by atoms with van der Waals surface area (Å²) in [5, 5.41) is 3.93. The molecule has 0 unspecified atom stereocenters. The van der Waals surface area contributed by atoms with Crippen LogP contribution in [0.15, 0.2) is 66.7 Å². The van der Waals surface area contributed by atoms with Crippen LogP contribution >= 0.6 is 23.2 Å². The molecule has 3 aromatic carbocycles. The minimum atomic E-state index is -0.807. The largest absolute Gasteiger partial charge is 0.497 e. The van der Waals surface area contributed by atoms with Gasteiger partial charge in [-0.2, -0.15) is 0 Å². The van der Waals surface area contributed by atoms with Crippen molar-refractivity contribution in [3.05, 3.63) is 88.0 Å². The standard InChI is InChI=1S/C25H20Cl2N2O4/c1-32-18-5-3-4-17(12-18)28-25(31)23(30)22-20-13-19(33-2)10-11-21(20)29(24(22)27)14-15-6-8-16(26)9-7-15/h3-13H,14H2,1-2H3,(H,28,31). The number of carbonyl (C=O) groups excluding carboxylic acids is 2. The number of nitrogens with one attached hydrogen (secondary N) is 1. The fourth-order valence-corrected chi connectivity index (χ4v) is 4.04. The van der Waals surface area contributed by atoms with Crippen LogP contribution in [0.1, 0.15) is 15.9 Å². The first kappa shape index (κ1) is 22.7. The number of fused-ring (bicyclic) bond motifs is 1. The maximum Gasteiger partial charge on any atom is 0.296 e. The summed E-state index contributed by atoms with van der Waals surface area (Å²) in [6, 6.07) is 19.4. The van der Waals surface area contributed by atoms with Gasteiger partial charge in [-0.25, -0.2) is 0 Å². The Morgan fingerprint density at radius 2 is 1.61 bits per heavy atom. The molecule has 1 N–H and O–H groups in total. The van der Waals surface area contributed by atoms with Crippen LogP contribution in [0.5, 0.6) is 11.5 Å². The zero-order chi connectivity index (χ0) is 23.5. The zero-order valence-corrected chi connectivity index (χ0v) is 19.4. The van der Waals surface area contributed by atoms with E-state index in [0.29, 0.717) is 39.7 Å². The number of anilines is 1. The van der Waals surface area contributed by atoms with Crippen molar-refractivity contribution in [2.45, 2.75) is 6.54 Å². The van der Waals surface area contributed by atoms with Gasteiger partial charge in [0.2, 0.25) is 0 Å². The molecule has 1 heterocycles. The first-order valence-corrected chi connectivity index (χ1v) is 10.8. The molecule has 0 saturated heterocycles. The zero-order valence-electron chi connectivity index (χ0n) is 17.9. The summed E-state index contributed by atoms with van der Waals surface area (Å²) in [6.45, 7) is 0.392. The fourth-order valence-electron chi connectivity index (χ4n) is 3.57. The molecule has 1 amide bonds. The molecule has 0 radical (unpaired) electrons. The van der Waals surface area contributed by atoms with Gasteiger partial charge >= 0.3 is 0 Å². The van der Waals surface area contributed by atoms with Gasteiger partial charge in [0.25, 0.3) is 11.7 Å². The maximum absolute atomic E-state index is 13.2. The molecular weight excluding hydrogens is 463 g/mol. The smallest absolute Gasteiger partial charge is 0.296 e. The lowest BCUT2D eigenvalue weighted by Gasteiger charge is -2.08. The molecule has 0 spiro atoms. The number of Topliss-reactive ketones (excluding diaryl/α,β-unsaturated/α-hetero) is 1. The van der Waals surface area contributed by atoms with E-state index in [1.165, 1.54) is 14.2 Å². The highest BCUT2D eigenvalue weighted by molar-refractivity contribution is 6.51. The number of rotatable bonds is 7. The Bertz CT molecular complexity index is 1350. The van der Waals surface area contributed by atoms with Crippen molar-refractivity contribution in [1.82, 2.24) is 4.57 Å². The highest BCUT2D eigenvalue weighted by Crippen LogP contribution is 2.34. The number of carbonyl (C=O) groups is 2. The predicted octanol–water partition coefficient (Wildman–Crippen LogP) is 5.84. The van der Waals surface area contributed by atoms with Crippen LogP contribution in [-0.2, 0) is 11.3 Å². The molecule has 168 valence electrons. The van der Waals surface area contributed by atoms with E-state index in [-0.39, 0.29) is 10.7 Å². The van der Waals surface area contributed by atoms with Gasteiger partial charge in [0, 0.05) is 28.7 Å². The van der Waals surface area contributed by atoms with Crippen LogP contribution < -0.4 is 14.8 Å². The summed E-state index contributed by atoms with van der Waals surface area (Å²) in [5.74, 6) is -0.456. The summed E-state index contributed by atoms with van der Waals surface area (Å²) < 4.78 is 12.3. The number of amides is 1. The van der Waals surface area contributed by atoms with E-state index < -0.39 is 11.7 Å². The van der Waals surface area contributed by atoms with E-state index in [1.54, 1.807) is 53.1 Å². The van der Waals surface area contributed by atoms with Crippen LogP contribution in [0.2, 0.25) is 10.2 Å². The number of benzene rings is 3. The molecular formula is C25H20Cl2N2O4. The lowest BCUT2D eigenvalue weighted by atomic mass is 10.1. The van der Waals surface area contributed by atoms with Gasteiger partial charge in [-0.1, -0.05) is 41.4 Å². The monoisotopic (exact) mass is 482 g/mol. The van der Waals surface area contributed by atoms with Crippen molar-refractivity contribution in [2.75, 3.05) is 19.5 Å². The number of methoxy groups -OCH3 is 2. The third-order valence-electron chi connectivity index (χ3n) is 5.22. The van der Waals surface area contributed by atoms with Gasteiger partial charge in [-0.05, 0) is 48.0 Å². The number of hydrogen-bond donors (Lipinski definition) is 1. The maximum atomic E-state index is 13.2. The van der Waals surface area contributed by atoms with Gasteiger partial charge in [0.15, 0.2) is 0 Å². The molecule has 0 saturated carbocycles. The Hall–Kier alpha value is -3.48. The van der Waals surface area contributed by atoms with Gasteiger partial charge in [0.1, 0.15) is 16.7 Å². The van der Waals surface area contributed by atoms with Gasteiger partial charge < -0.3 is 19.4 Å². The second-order valence-electron chi connectivity index (χ2n) is 7.28. The average Bonchev–Trinajstić information content (AvgIpc) is 3.10. The topological polar surface area (TPSA) is 69.6 Å². The predicted molar refractivity (Wildman–Crippen MR) is 130 cm³/mol. The number of aromatic nitrogens is 1. The van der Waals surface area contributed by atoms with Crippen molar-refractivity contribution in [1.29, 1.82) is 0 Å². The molecule has 4 rings (SSSR count). The summed E-state index contributed by atoms with van der Waals surface area (Å²) in [4.78, 5) is 26.1. The molecule has 0 aliphatic rings. The van der Waals surface area contributed by atoms with Crippen molar-refractivity contribution in [3.8, 4) is 11.5 Å². The van der Waals surface area contributed by atoms with E-state index in [4.69, 9.17) is 32.7 Å². The van der Waals surface area contributed by atoms with Crippen molar-refractivity contribution in [3.63, 3.8) is 0 Å². The highest BCUT2D eigenvalue weighted by Gasteiger charge is 2.27. The number of ether oxygens (including phenoxy) is 2. The Morgan fingerprint density at radius 1 is 0.909 bits per heavy atom. The molecule has 0 aliphatic heterocycles. The minimum Gasteiger partial charge on any atom is -0.497 e. The van der Waals surface area contributed by atoms with Gasteiger partial charge in [-0.3, -0.25) is 9.59 Å². The molecule has 6 nitrogen and oxygen atoms in total. The Morgan fingerprint density at radius 3 is 2.30 bits per heavy atom.